The molecule has 1 heterocycles. The molecule has 0 saturated carbocycles. The van der Waals surface area contributed by atoms with Crippen LogP contribution in [0.15, 0.2) is 24.3 Å². The number of carbonyl (C=O) groups is 1. The van der Waals surface area contributed by atoms with Crippen LogP contribution in [-0.2, 0) is 4.74 Å². The molecule has 2 N–H and O–H groups in total. The van der Waals surface area contributed by atoms with Gasteiger partial charge in [-0.25, -0.2) is 4.79 Å². The topological polar surface area (TPSA) is 61.8 Å². The van der Waals surface area contributed by atoms with Gasteiger partial charge in [-0.2, -0.15) is 0 Å². The van der Waals surface area contributed by atoms with Crippen molar-refractivity contribution >= 4 is 6.09 Å². The van der Waals surface area contributed by atoms with Crippen molar-refractivity contribution in [1.29, 1.82) is 0 Å². The molecule has 1 unspecified atom stereocenters. The van der Waals surface area contributed by atoms with Crippen LogP contribution in [0.2, 0.25) is 0 Å². The third kappa shape index (κ3) is 4.36. The molecule has 1 fully saturated rings. The Balaban J connectivity index is 1.79. The largest absolute Gasteiger partial charge is 0.508 e. The van der Waals surface area contributed by atoms with Gasteiger partial charge < -0.3 is 20.1 Å². The molecular formula is C16H24N2O3. The molecule has 5 nitrogen and oxygen atoms in total. The third-order valence-electron chi connectivity index (χ3n) is 3.39. The first-order valence-corrected chi connectivity index (χ1v) is 7.27. The summed E-state index contributed by atoms with van der Waals surface area (Å²) in [5, 5.41) is 12.9. The summed E-state index contributed by atoms with van der Waals surface area (Å²) in [6.07, 6.45) is -0.259. The van der Waals surface area contributed by atoms with Crippen molar-refractivity contribution < 1.29 is 14.6 Å². The number of benzene rings is 1. The van der Waals surface area contributed by atoms with E-state index in [-0.39, 0.29) is 23.9 Å². The zero-order chi connectivity index (χ0) is 15.6. The van der Waals surface area contributed by atoms with Crippen LogP contribution in [0.4, 0.5) is 4.79 Å². The number of nitrogens with zero attached hydrogens (tertiary/aromatic N) is 1. The van der Waals surface area contributed by atoms with Gasteiger partial charge >= 0.3 is 6.09 Å². The summed E-state index contributed by atoms with van der Waals surface area (Å²) < 4.78 is 5.32. The number of ether oxygens (including phenoxy) is 1. The minimum absolute atomic E-state index is 0.128. The molecule has 0 spiro atoms. The highest BCUT2D eigenvalue weighted by molar-refractivity contribution is 5.69. The predicted molar refractivity (Wildman–Crippen MR) is 81.3 cm³/mol. The predicted octanol–water partition coefficient (Wildman–Crippen LogP) is 2.66. The van der Waals surface area contributed by atoms with Gasteiger partial charge in [0.15, 0.2) is 0 Å². The highest BCUT2D eigenvalue weighted by Gasteiger charge is 2.34. The molecule has 0 aliphatic carbocycles. The standard InChI is InChI=1S/C16H24N2O3/c1-11(12-6-5-7-14(19)8-12)17-13-9-18(10-13)15(20)21-16(2,3)4/h5-8,11,13,17,19H,9-10H2,1-4H3. The van der Waals surface area contributed by atoms with Crippen LogP contribution in [0.25, 0.3) is 0 Å². The molecule has 5 heteroatoms. The molecule has 2 rings (SSSR count). The number of phenolic OH excluding ortho intramolecular Hbond substituents is 1. The quantitative estimate of drug-likeness (QED) is 0.899. The number of likely N-dealkylation sites (tertiary alicyclic amines) is 1. The number of hydrogen-bond acceptors (Lipinski definition) is 4. The van der Waals surface area contributed by atoms with E-state index >= 15 is 0 Å². The average Bonchev–Trinajstić information content (AvgIpc) is 2.30. The van der Waals surface area contributed by atoms with Crippen molar-refractivity contribution in [3.05, 3.63) is 29.8 Å². The molecule has 1 amide bonds. The van der Waals surface area contributed by atoms with Gasteiger partial charge in [0.05, 0.1) is 0 Å². The van der Waals surface area contributed by atoms with E-state index in [1.807, 2.05) is 39.8 Å². The average molecular weight is 292 g/mol. The van der Waals surface area contributed by atoms with E-state index in [9.17, 15) is 9.90 Å². The van der Waals surface area contributed by atoms with Gasteiger partial charge in [0.2, 0.25) is 0 Å². The summed E-state index contributed by atoms with van der Waals surface area (Å²) in [7, 11) is 0. The van der Waals surface area contributed by atoms with Crippen LogP contribution in [0, 0.1) is 0 Å². The number of hydrogen-bond donors (Lipinski definition) is 2. The monoisotopic (exact) mass is 292 g/mol. The summed E-state index contributed by atoms with van der Waals surface area (Å²) in [5.74, 6) is 0.269. The van der Waals surface area contributed by atoms with Crippen molar-refractivity contribution in [2.24, 2.45) is 0 Å². The first-order valence-electron chi connectivity index (χ1n) is 7.27. The normalized spacial score (nSPS) is 17.2. The van der Waals surface area contributed by atoms with Gasteiger partial charge in [-0.3, -0.25) is 0 Å². The van der Waals surface area contributed by atoms with E-state index in [1.54, 1.807) is 17.0 Å². The number of phenols is 1. The van der Waals surface area contributed by atoms with Crippen LogP contribution in [-0.4, -0.2) is 40.8 Å². The lowest BCUT2D eigenvalue weighted by Crippen LogP contribution is -2.60. The molecule has 0 bridgehead atoms. The second-order valence-corrected chi connectivity index (χ2v) is 6.57. The van der Waals surface area contributed by atoms with Crippen molar-refractivity contribution in [1.82, 2.24) is 10.2 Å². The molecule has 0 aromatic heterocycles. The molecule has 1 aromatic rings. The summed E-state index contributed by atoms with van der Waals surface area (Å²) in [5.41, 5.74) is 0.579. The summed E-state index contributed by atoms with van der Waals surface area (Å²) >= 11 is 0. The maximum atomic E-state index is 11.8. The van der Waals surface area contributed by atoms with Gasteiger partial charge in [0.1, 0.15) is 11.4 Å². The van der Waals surface area contributed by atoms with Gasteiger partial charge in [-0.1, -0.05) is 12.1 Å². The maximum Gasteiger partial charge on any atom is 0.410 e. The Hall–Kier alpha value is -1.75. The van der Waals surface area contributed by atoms with Crippen LogP contribution in [0.5, 0.6) is 5.75 Å². The second kappa shape index (κ2) is 5.93. The smallest absolute Gasteiger partial charge is 0.410 e. The fraction of sp³-hybridized carbons (Fsp3) is 0.562. The van der Waals surface area contributed by atoms with Gasteiger partial charge in [0, 0.05) is 25.2 Å². The first-order chi connectivity index (χ1) is 9.74. The zero-order valence-corrected chi connectivity index (χ0v) is 13.1. The van der Waals surface area contributed by atoms with E-state index in [4.69, 9.17) is 4.74 Å². The van der Waals surface area contributed by atoms with Crippen LogP contribution in [0.3, 0.4) is 0 Å². The Morgan fingerprint density at radius 2 is 2.10 bits per heavy atom. The highest BCUT2D eigenvalue weighted by atomic mass is 16.6. The summed E-state index contributed by atoms with van der Waals surface area (Å²) in [6, 6.07) is 7.60. The Bertz CT molecular complexity index is 504. The SMILES string of the molecule is CC(NC1CN(C(=O)OC(C)(C)C)C1)c1cccc(O)c1. The van der Waals surface area contributed by atoms with E-state index in [0.717, 1.165) is 5.56 Å². The number of carbonyl (C=O) groups excluding carboxylic acids is 1. The molecule has 1 aromatic carbocycles. The van der Waals surface area contributed by atoms with E-state index in [1.165, 1.54) is 0 Å². The van der Waals surface area contributed by atoms with Crippen molar-refractivity contribution in [3.8, 4) is 5.75 Å². The molecular weight excluding hydrogens is 268 g/mol. The fourth-order valence-corrected chi connectivity index (χ4v) is 2.30. The van der Waals surface area contributed by atoms with Crippen LogP contribution >= 0.6 is 0 Å². The van der Waals surface area contributed by atoms with Crippen molar-refractivity contribution in [2.75, 3.05) is 13.1 Å². The lowest BCUT2D eigenvalue weighted by Gasteiger charge is -2.41. The van der Waals surface area contributed by atoms with Crippen molar-refractivity contribution in [2.45, 2.75) is 45.4 Å². The molecule has 0 radical (unpaired) electrons. The molecule has 1 atom stereocenters. The number of rotatable bonds is 3. The van der Waals surface area contributed by atoms with E-state index in [2.05, 4.69) is 5.32 Å². The Labute approximate surface area is 125 Å². The summed E-state index contributed by atoms with van der Waals surface area (Å²) in [6.45, 7) is 8.94. The minimum atomic E-state index is -0.454. The van der Waals surface area contributed by atoms with E-state index in [0.29, 0.717) is 13.1 Å². The maximum absolute atomic E-state index is 11.8. The summed E-state index contributed by atoms with van der Waals surface area (Å²) in [4.78, 5) is 13.5. The zero-order valence-electron chi connectivity index (χ0n) is 13.1. The van der Waals surface area contributed by atoms with Crippen LogP contribution in [0.1, 0.15) is 39.3 Å². The van der Waals surface area contributed by atoms with Gasteiger partial charge in [0.25, 0.3) is 0 Å². The molecule has 1 aliphatic heterocycles. The molecule has 1 aliphatic rings. The lowest BCUT2D eigenvalue weighted by atomic mass is 10.0. The number of amides is 1. The highest BCUT2D eigenvalue weighted by Crippen LogP contribution is 2.21. The first kappa shape index (κ1) is 15.6. The number of nitrogens with one attached hydrogen (secondary N) is 1. The van der Waals surface area contributed by atoms with Crippen molar-refractivity contribution in [3.63, 3.8) is 0 Å². The lowest BCUT2D eigenvalue weighted by molar-refractivity contribution is 0.00434. The van der Waals surface area contributed by atoms with Gasteiger partial charge in [-0.15, -0.1) is 0 Å². The van der Waals surface area contributed by atoms with E-state index < -0.39 is 5.60 Å². The van der Waals surface area contributed by atoms with Gasteiger partial charge in [-0.05, 0) is 45.4 Å². The number of aromatic hydroxyl groups is 1. The Kier molecular flexibility index (Phi) is 4.42. The molecule has 116 valence electrons. The molecule has 21 heavy (non-hydrogen) atoms. The minimum Gasteiger partial charge on any atom is -0.508 e. The Morgan fingerprint density at radius 1 is 1.43 bits per heavy atom. The third-order valence-corrected chi connectivity index (χ3v) is 3.39. The Morgan fingerprint density at radius 3 is 2.67 bits per heavy atom. The van der Waals surface area contributed by atoms with Crippen LogP contribution < -0.4 is 5.32 Å². The molecule has 1 saturated heterocycles. The second-order valence-electron chi connectivity index (χ2n) is 6.57. The fourth-order valence-electron chi connectivity index (χ4n) is 2.30.